The lowest BCUT2D eigenvalue weighted by molar-refractivity contribution is -0.125. The highest BCUT2D eigenvalue weighted by Gasteiger charge is 2.38. The SMILES string of the molecule is Cc1ccc(C(=O)N2C[C@@H](N)C[C@H]2C(=O)NC(C)C)cc1C. The van der Waals surface area contributed by atoms with Crippen LogP contribution in [0.2, 0.25) is 0 Å². The van der Waals surface area contributed by atoms with Gasteiger partial charge >= 0.3 is 0 Å². The first-order valence-electron chi connectivity index (χ1n) is 7.73. The van der Waals surface area contributed by atoms with Crippen LogP contribution in [0.1, 0.15) is 41.8 Å². The Hall–Kier alpha value is -1.88. The molecule has 5 heteroatoms. The van der Waals surface area contributed by atoms with Crippen LogP contribution in [0.15, 0.2) is 18.2 Å². The van der Waals surface area contributed by atoms with Crippen LogP contribution in [-0.2, 0) is 4.79 Å². The van der Waals surface area contributed by atoms with Crippen molar-refractivity contribution in [3.63, 3.8) is 0 Å². The standard InChI is InChI=1S/C17H25N3O2/c1-10(2)19-16(21)15-8-14(18)9-20(15)17(22)13-6-5-11(3)12(4)7-13/h5-7,10,14-15H,8-9,18H2,1-4H3,(H,19,21)/t14-,15-/m0/s1. The minimum absolute atomic E-state index is 0.0443. The van der Waals surface area contributed by atoms with Gasteiger partial charge in [0.05, 0.1) is 0 Å². The number of hydrogen-bond acceptors (Lipinski definition) is 3. The van der Waals surface area contributed by atoms with Crippen molar-refractivity contribution < 1.29 is 9.59 Å². The molecule has 0 saturated carbocycles. The van der Waals surface area contributed by atoms with Crippen molar-refractivity contribution >= 4 is 11.8 Å². The van der Waals surface area contributed by atoms with E-state index >= 15 is 0 Å². The van der Waals surface area contributed by atoms with E-state index in [-0.39, 0.29) is 23.9 Å². The Balaban J connectivity index is 2.22. The quantitative estimate of drug-likeness (QED) is 0.885. The van der Waals surface area contributed by atoms with E-state index in [0.717, 1.165) is 11.1 Å². The number of hydrogen-bond donors (Lipinski definition) is 2. The molecule has 0 spiro atoms. The van der Waals surface area contributed by atoms with E-state index in [1.54, 1.807) is 4.90 Å². The van der Waals surface area contributed by atoms with Gasteiger partial charge in [-0.25, -0.2) is 0 Å². The molecule has 2 rings (SSSR count). The summed E-state index contributed by atoms with van der Waals surface area (Å²) >= 11 is 0. The molecule has 2 amide bonds. The van der Waals surface area contributed by atoms with Crippen molar-refractivity contribution in [2.75, 3.05) is 6.54 Å². The van der Waals surface area contributed by atoms with Crippen molar-refractivity contribution in [3.8, 4) is 0 Å². The van der Waals surface area contributed by atoms with Gasteiger partial charge in [-0.2, -0.15) is 0 Å². The molecular weight excluding hydrogens is 278 g/mol. The number of nitrogens with one attached hydrogen (secondary N) is 1. The van der Waals surface area contributed by atoms with E-state index in [4.69, 9.17) is 5.73 Å². The van der Waals surface area contributed by atoms with Gasteiger partial charge in [-0.1, -0.05) is 6.07 Å². The van der Waals surface area contributed by atoms with Gasteiger partial charge in [0.25, 0.3) is 5.91 Å². The molecule has 22 heavy (non-hydrogen) atoms. The van der Waals surface area contributed by atoms with Gasteiger partial charge in [-0.3, -0.25) is 9.59 Å². The first kappa shape index (κ1) is 16.5. The summed E-state index contributed by atoms with van der Waals surface area (Å²) in [5.74, 6) is -0.250. The lowest BCUT2D eigenvalue weighted by Crippen LogP contribution is -2.47. The number of nitrogens with two attached hydrogens (primary N) is 1. The van der Waals surface area contributed by atoms with E-state index in [9.17, 15) is 9.59 Å². The first-order valence-corrected chi connectivity index (χ1v) is 7.73. The summed E-state index contributed by atoms with van der Waals surface area (Å²) in [5, 5.41) is 2.87. The van der Waals surface area contributed by atoms with Gasteiger partial charge in [0, 0.05) is 24.2 Å². The van der Waals surface area contributed by atoms with Gasteiger partial charge in [0.1, 0.15) is 6.04 Å². The van der Waals surface area contributed by atoms with Crippen molar-refractivity contribution in [2.24, 2.45) is 5.73 Å². The lowest BCUT2D eigenvalue weighted by Gasteiger charge is -2.25. The normalized spacial score (nSPS) is 21.3. The third kappa shape index (κ3) is 3.47. The molecule has 5 nitrogen and oxygen atoms in total. The van der Waals surface area contributed by atoms with Crippen molar-refractivity contribution in [3.05, 3.63) is 34.9 Å². The maximum Gasteiger partial charge on any atom is 0.254 e. The molecule has 3 N–H and O–H groups in total. The largest absolute Gasteiger partial charge is 0.352 e. The number of amides is 2. The van der Waals surface area contributed by atoms with E-state index in [1.807, 2.05) is 45.9 Å². The van der Waals surface area contributed by atoms with E-state index < -0.39 is 6.04 Å². The third-order valence-electron chi connectivity index (χ3n) is 4.08. The van der Waals surface area contributed by atoms with Crippen LogP contribution in [0.4, 0.5) is 0 Å². The summed E-state index contributed by atoms with van der Waals surface area (Å²) in [6.07, 6.45) is 0.509. The summed E-state index contributed by atoms with van der Waals surface area (Å²) in [6.45, 7) is 8.21. The number of benzene rings is 1. The number of carbonyl (C=O) groups is 2. The summed E-state index contributed by atoms with van der Waals surface area (Å²) in [7, 11) is 0. The van der Waals surface area contributed by atoms with Gasteiger partial charge < -0.3 is 16.0 Å². The predicted molar refractivity (Wildman–Crippen MR) is 86.6 cm³/mol. The second kappa shape index (κ2) is 6.48. The highest BCUT2D eigenvalue weighted by Crippen LogP contribution is 2.21. The molecule has 1 aromatic carbocycles. The highest BCUT2D eigenvalue weighted by molar-refractivity contribution is 5.98. The minimum Gasteiger partial charge on any atom is -0.352 e. The van der Waals surface area contributed by atoms with Crippen molar-refractivity contribution in [1.29, 1.82) is 0 Å². The van der Waals surface area contributed by atoms with Crippen LogP contribution in [0, 0.1) is 13.8 Å². The van der Waals surface area contributed by atoms with Crippen LogP contribution in [0.5, 0.6) is 0 Å². The van der Waals surface area contributed by atoms with Gasteiger partial charge in [-0.15, -0.1) is 0 Å². The lowest BCUT2D eigenvalue weighted by atomic mass is 10.1. The Morgan fingerprint density at radius 2 is 1.95 bits per heavy atom. The zero-order chi connectivity index (χ0) is 16.4. The van der Waals surface area contributed by atoms with Gasteiger partial charge in [0.15, 0.2) is 0 Å². The zero-order valence-corrected chi connectivity index (χ0v) is 13.7. The Morgan fingerprint density at radius 1 is 1.27 bits per heavy atom. The average molecular weight is 303 g/mol. The number of aryl methyl sites for hydroxylation is 2. The van der Waals surface area contributed by atoms with Crippen molar-refractivity contribution in [2.45, 2.75) is 52.2 Å². The summed E-state index contributed by atoms with van der Waals surface area (Å²) in [4.78, 5) is 26.7. The Kier molecular flexibility index (Phi) is 4.86. The monoisotopic (exact) mass is 303 g/mol. The van der Waals surface area contributed by atoms with E-state index in [2.05, 4.69) is 5.32 Å². The molecule has 1 aromatic rings. The molecule has 0 unspecified atom stereocenters. The van der Waals surface area contributed by atoms with Gasteiger partial charge in [-0.05, 0) is 57.4 Å². The fourth-order valence-corrected chi connectivity index (χ4v) is 2.76. The number of rotatable bonds is 3. The smallest absolute Gasteiger partial charge is 0.254 e. The number of nitrogens with zero attached hydrogens (tertiary/aromatic N) is 1. The molecule has 1 heterocycles. The fourth-order valence-electron chi connectivity index (χ4n) is 2.76. The minimum atomic E-state index is -0.480. The molecule has 0 bridgehead atoms. The maximum atomic E-state index is 12.7. The Morgan fingerprint density at radius 3 is 2.55 bits per heavy atom. The molecule has 0 aromatic heterocycles. The number of likely N-dealkylation sites (tertiary alicyclic amines) is 1. The second-order valence-corrected chi connectivity index (χ2v) is 6.43. The second-order valence-electron chi connectivity index (χ2n) is 6.43. The summed E-state index contributed by atoms with van der Waals surface area (Å²) in [5.41, 5.74) is 8.80. The first-order chi connectivity index (χ1) is 10.3. The molecule has 1 fully saturated rings. The predicted octanol–water partition coefficient (Wildman–Crippen LogP) is 1.37. The summed E-state index contributed by atoms with van der Waals surface area (Å²) in [6, 6.07) is 5.03. The van der Waals surface area contributed by atoms with Crippen LogP contribution in [-0.4, -0.2) is 41.4 Å². The van der Waals surface area contributed by atoms with Crippen molar-refractivity contribution in [1.82, 2.24) is 10.2 Å². The third-order valence-corrected chi connectivity index (χ3v) is 4.08. The molecular formula is C17H25N3O2. The fraction of sp³-hybridized carbons (Fsp3) is 0.529. The number of carbonyl (C=O) groups excluding carboxylic acids is 2. The van der Waals surface area contributed by atoms with E-state index in [0.29, 0.717) is 18.5 Å². The van der Waals surface area contributed by atoms with E-state index in [1.165, 1.54) is 0 Å². The Bertz CT molecular complexity index is 583. The molecule has 120 valence electrons. The summed E-state index contributed by atoms with van der Waals surface area (Å²) < 4.78 is 0. The topological polar surface area (TPSA) is 75.4 Å². The zero-order valence-electron chi connectivity index (χ0n) is 13.7. The molecule has 1 aliphatic heterocycles. The maximum absolute atomic E-state index is 12.7. The molecule has 0 radical (unpaired) electrons. The van der Waals surface area contributed by atoms with Crippen LogP contribution in [0.25, 0.3) is 0 Å². The van der Waals surface area contributed by atoms with Gasteiger partial charge in [0.2, 0.25) is 5.91 Å². The van der Waals surface area contributed by atoms with Crippen LogP contribution < -0.4 is 11.1 Å². The van der Waals surface area contributed by atoms with Crippen LogP contribution >= 0.6 is 0 Å². The average Bonchev–Trinajstić information content (AvgIpc) is 2.82. The molecule has 0 aliphatic carbocycles. The Labute approximate surface area is 131 Å². The van der Waals surface area contributed by atoms with Crippen LogP contribution in [0.3, 0.4) is 0 Å². The highest BCUT2D eigenvalue weighted by atomic mass is 16.2. The molecule has 2 atom stereocenters. The molecule has 1 saturated heterocycles. The molecule has 1 aliphatic rings.